The van der Waals surface area contributed by atoms with Gasteiger partial charge < -0.3 is 10.1 Å². The number of anilines is 1. The molecule has 1 saturated heterocycles. The minimum absolute atomic E-state index is 0.345. The minimum atomic E-state index is -2.53. The fraction of sp³-hybridized carbons (Fsp3) is 0.474. The average molecular weight is 426 g/mol. The van der Waals surface area contributed by atoms with Gasteiger partial charge in [-0.3, -0.25) is 24.1 Å². The van der Waals surface area contributed by atoms with E-state index in [1.165, 1.54) is 24.3 Å². The second-order valence-electron chi connectivity index (χ2n) is 6.87. The maximum Gasteiger partial charge on any atom is 0.326 e. The van der Waals surface area contributed by atoms with Gasteiger partial charge in [-0.15, -0.1) is 0 Å². The normalized spacial score (nSPS) is 21.3. The highest BCUT2D eigenvalue weighted by atomic mass is 32.2. The lowest BCUT2D eigenvalue weighted by Gasteiger charge is -2.19. The van der Waals surface area contributed by atoms with Crippen LogP contribution < -0.4 is 5.32 Å². The summed E-state index contributed by atoms with van der Waals surface area (Å²) in [5.41, 5.74) is 0.360. The Bertz CT molecular complexity index is 778. The van der Waals surface area contributed by atoms with Gasteiger partial charge in [-0.1, -0.05) is 24.6 Å². The number of hydrogen-bond acceptors (Lipinski definition) is 6. The predicted octanol–water partition coefficient (Wildman–Crippen LogP) is 2.66. The summed E-state index contributed by atoms with van der Waals surface area (Å²) < 4.78 is 29.4. The van der Waals surface area contributed by atoms with Crippen LogP contribution in [0, 0.1) is 11.8 Å². The van der Waals surface area contributed by atoms with Crippen LogP contribution in [0.1, 0.15) is 25.7 Å². The van der Waals surface area contributed by atoms with Crippen molar-refractivity contribution in [3.05, 3.63) is 24.3 Å². The summed E-state index contributed by atoms with van der Waals surface area (Å²) in [6.45, 7) is -1.09. The zero-order valence-corrected chi connectivity index (χ0v) is 16.3. The van der Waals surface area contributed by atoms with Crippen LogP contribution in [-0.4, -0.2) is 47.5 Å². The van der Waals surface area contributed by atoms with E-state index in [-0.39, 0.29) is 23.7 Å². The summed E-state index contributed by atoms with van der Waals surface area (Å²) in [6, 6.07) is 5.77. The van der Waals surface area contributed by atoms with E-state index in [1.54, 1.807) is 0 Å². The fourth-order valence-electron chi connectivity index (χ4n) is 3.62. The number of nitrogens with one attached hydrogen (secondary N) is 1. The molecule has 7 nitrogen and oxygen atoms in total. The van der Waals surface area contributed by atoms with Crippen molar-refractivity contribution in [2.45, 2.75) is 36.3 Å². The molecular weight excluding hydrogens is 406 g/mol. The van der Waals surface area contributed by atoms with Crippen LogP contribution in [0.2, 0.25) is 0 Å². The Morgan fingerprint density at radius 2 is 1.69 bits per heavy atom. The molecule has 0 radical (unpaired) electrons. The van der Waals surface area contributed by atoms with Gasteiger partial charge in [-0.25, -0.2) is 0 Å². The maximum atomic E-state index is 12.3. The van der Waals surface area contributed by atoms with Gasteiger partial charge in [0.25, 0.3) is 11.7 Å². The van der Waals surface area contributed by atoms with Crippen LogP contribution in [0.15, 0.2) is 29.2 Å². The van der Waals surface area contributed by atoms with Gasteiger partial charge in [0, 0.05) is 10.6 Å². The highest BCUT2D eigenvalue weighted by Gasteiger charge is 2.48. The number of imide groups is 1. The van der Waals surface area contributed by atoms with Crippen LogP contribution in [0.3, 0.4) is 0 Å². The lowest BCUT2D eigenvalue weighted by atomic mass is 9.81. The number of alkyl halides is 2. The van der Waals surface area contributed by atoms with Gasteiger partial charge in [0.1, 0.15) is 6.54 Å². The number of hydrogen-bond donors (Lipinski definition) is 1. The lowest BCUT2D eigenvalue weighted by Crippen LogP contribution is -2.37. The molecule has 0 aromatic heterocycles. The Morgan fingerprint density at radius 3 is 2.24 bits per heavy atom. The molecule has 2 atom stereocenters. The zero-order valence-electron chi connectivity index (χ0n) is 15.4. The molecule has 29 heavy (non-hydrogen) atoms. The molecule has 3 rings (SSSR count). The van der Waals surface area contributed by atoms with Crippen LogP contribution in [-0.2, 0) is 23.9 Å². The first-order valence-electron chi connectivity index (χ1n) is 9.20. The second kappa shape index (κ2) is 9.34. The molecule has 1 aromatic carbocycles. The van der Waals surface area contributed by atoms with Crippen molar-refractivity contribution < 1.29 is 32.7 Å². The molecule has 0 unspecified atom stereocenters. The monoisotopic (exact) mass is 426 g/mol. The molecule has 1 aliphatic heterocycles. The van der Waals surface area contributed by atoms with Crippen LogP contribution in [0.5, 0.6) is 0 Å². The van der Waals surface area contributed by atoms with E-state index in [0.29, 0.717) is 35.2 Å². The van der Waals surface area contributed by atoms with Gasteiger partial charge in [0.2, 0.25) is 11.8 Å². The number of fused-ring (bicyclic) bond motifs is 1. The van der Waals surface area contributed by atoms with Crippen molar-refractivity contribution in [2.24, 2.45) is 11.8 Å². The van der Waals surface area contributed by atoms with Gasteiger partial charge in [-0.05, 0) is 37.1 Å². The number of thioether (sulfide) groups is 1. The van der Waals surface area contributed by atoms with E-state index in [1.807, 2.05) is 0 Å². The van der Waals surface area contributed by atoms with E-state index in [4.69, 9.17) is 4.74 Å². The number of carbonyl (C=O) groups excluding carboxylic acids is 4. The lowest BCUT2D eigenvalue weighted by molar-refractivity contribution is -0.154. The Hall–Kier alpha value is -2.49. The first kappa shape index (κ1) is 21.2. The zero-order chi connectivity index (χ0) is 21.0. The largest absolute Gasteiger partial charge is 0.454 e. The van der Waals surface area contributed by atoms with Crippen LogP contribution >= 0.6 is 11.8 Å². The van der Waals surface area contributed by atoms with Crippen molar-refractivity contribution >= 4 is 41.1 Å². The minimum Gasteiger partial charge on any atom is -0.454 e. The summed E-state index contributed by atoms with van der Waals surface area (Å²) >= 11 is 0.388. The first-order valence-corrected chi connectivity index (χ1v) is 10.1. The van der Waals surface area contributed by atoms with Crippen molar-refractivity contribution in [1.82, 2.24) is 4.90 Å². The molecule has 2 aliphatic rings. The molecule has 1 aromatic rings. The predicted molar refractivity (Wildman–Crippen MR) is 100 cm³/mol. The number of benzene rings is 1. The summed E-state index contributed by atoms with van der Waals surface area (Å²) in [5.74, 6) is -5.39. The van der Waals surface area contributed by atoms with Crippen molar-refractivity contribution in [3.8, 4) is 0 Å². The molecule has 10 heteroatoms. The van der Waals surface area contributed by atoms with Gasteiger partial charge in [0.15, 0.2) is 6.61 Å². The third kappa shape index (κ3) is 5.31. The molecule has 0 bridgehead atoms. The molecule has 3 amide bonds. The number of nitrogens with zero attached hydrogens (tertiary/aromatic N) is 1. The standard InChI is InChI=1S/C19H20F2N2O5S/c20-19(21)29-12-7-5-11(6-8-12)22-15(24)10-28-16(25)9-23-17(26)13-3-1-2-4-14(13)18(23)27/h5-8,13-14,19H,1-4,9-10H2,(H,22,24)/t13-,14-/m0/s1. The number of amides is 3. The smallest absolute Gasteiger partial charge is 0.326 e. The number of carbonyl (C=O) groups is 4. The third-order valence-corrected chi connectivity index (χ3v) is 5.67. The molecule has 1 N–H and O–H groups in total. The van der Waals surface area contributed by atoms with Crippen LogP contribution in [0.25, 0.3) is 0 Å². The number of rotatable bonds is 7. The van der Waals surface area contributed by atoms with Crippen molar-refractivity contribution in [1.29, 1.82) is 0 Å². The average Bonchev–Trinajstić information content (AvgIpc) is 2.93. The van der Waals surface area contributed by atoms with Gasteiger partial charge in [-0.2, -0.15) is 8.78 Å². The van der Waals surface area contributed by atoms with Crippen LogP contribution in [0.4, 0.5) is 14.5 Å². The highest BCUT2D eigenvalue weighted by Crippen LogP contribution is 2.37. The van der Waals surface area contributed by atoms with E-state index in [0.717, 1.165) is 17.7 Å². The summed E-state index contributed by atoms with van der Waals surface area (Å²) in [5, 5.41) is 2.47. The maximum absolute atomic E-state index is 12.3. The molecule has 2 fully saturated rings. The Labute approximate surface area is 170 Å². The van der Waals surface area contributed by atoms with Crippen molar-refractivity contribution in [2.75, 3.05) is 18.5 Å². The summed E-state index contributed by atoms with van der Waals surface area (Å²) in [6.07, 6.45) is 3.08. The number of ether oxygens (including phenoxy) is 1. The van der Waals surface area contributed by atoms with Gasteiger partial charge >= 0.3 is 5.97 Å². The third-order valence-electron chi connectivity index (χ3n) is 4.95. The first-order chi connectivity index (χ1) is 13.8. The van der Waals surface area contributed by atoms with E-state index in [9.17, 15) is 28.0 Å². The molecule has 1 aliphatic carbocycles. The van der Waals surface area contributed by atoms with E-state index < -0.39 is 30.8 Å². The molecule has 1 heterocycles. The fourth-order valence-corrected chi connectivity index (χ4v) is 4.12. The molecule has 156 valence electrons. The molecule has 1 saturated carbocycles. The topological polar surface area (TPSA) is 92.8 Å². The quantitative estimate of drug-likeness (QED) is 0.409. The number of esters is 1. The Morgan fingerprint density at radius 1 is 1.10 bits per heavy atom. The summed E-state index contributed by atoms with van der Waals surface area (Å²) in [7, 11) is 0. The van der Waals surface area contributed by atoms with Gasteiger partial charge in [0.05, 0.1) is 11.8 Å². The van der Waals surface area contributed by atoms with E-state index >= 15 is 0 Å². The highest BCUT2D eigenvalue weighted by molar-refractivity contribution is 7.99. The van der Waals surface area contributed by atoms with Crippen molar-refractivity contribution in [3.63, 3.8) is 0 Å². The molecule has 0 spiro atoms. The Kier molecular flexibility index (Phi) is 6.83. The number of halogens is 2. The Balaban J connectivity index is 1.45. The SMILES string of the molecule is O=C(COC(=O)CN1C(=O)[C@H]2CCCC[C@@H]2C1=O)Nc1ccc(SC(F)F)cc1. The van der Waals surface area contributed by atoms with E-state index in [2.05, 4.69) is 5.32 Å². The summed E-state index contributed by atoms with van der Waals surface area (Å²) in [4.78, 5) is 49.8. The molecular formula is C19H20F2N2O5S. The number of likely N-dealkylation sites (tertiary alicyclic amines) is 1. The second-order valence-corrected chi connectivity index (χ2v) is 7.94.